The Kier molecular flexibility index (Phi) is 6.81. The predicted molar refractivity (Wildman–Crippen MR) is 97.7 cm³/mol. The van der Waals surface area contributed by atoms with Crippen LogP contribution >= 0.6 is 23.7 Å². The number of carbonyl (C=O) groups is 1. The highest BCUT2D eigenvalue weighted by molar-refractivity contribution is 7.08. The molecule has 1 aliphatic rings. The maximum absolute atomic E-state index is 12.2. The van der Waals surface area contributed by atoms with Crippen molar-refractivity contribution in [2.24, 2.45) is 4.99 Å². The minimum Gasteiger partial charge on any atom is -0.493 e. The Morgan fingerprint density at radius 2 is 1.96 bits per heavy atom. The van der Waals surface area contributed by atoms with Crippen LogP contribution in [0.15, 0.2) is 46.1 Å². The van der Waals surface area contributed by atoms with Gasteiger partial charge >= 0.3 is 0 Å². The number of rotatable bonds is 6. The summed E-state index contributed by atoms with van der Waals surface area (Å²) in [5.74, 6) is 0.864. The molecular formula is C18H20ClNO2S. The topological polar surface area (TPSA) is 38.7 Å². The van der Waals surface area contributed by atoms with E-state index < -0.39 is 0 Å². The number of hydrogen-bond acceptors (Lipinski definition) is 4. The summed E-state index contributed by atoms with van der Waals surface area (Å²) in [7, 11) is 0. The number of carbonyl (C=O) groups excluding carboxylic acids is 1. The molecule has 0 atom stereocenters. The first kappa shape index (κ1) is 17.7. The predicted octanol–water partition coefficient (Wildman–Crippen LogP) is 4.79. The van der Waals surface area contributed by atoms with Crippen molar-refractivity contribution >= 4 is 35.2 Å². The third-order valence-corrected chi connectivity index (χ3v) is 4.45. The summed E-state index contributed by atoms with van der Waals surface area (Å²) < 4.78 is 5.74. The van der Waals surface area contributed by atoms with Crippen LogP contribution in [0.1, 0.15) is 41.6 Å². The molecule has 0 amide bonds. The maximum atomic E-state index is 12.2. The van der Waals surface area contributed by atoms with Gasteiger partial charge in [0.15, 0.2) is 5.78 Å². The second-order valence-electron chi connectivity index (χ2n) is 5.37. The molecule has 122 valence electrons. The molecule has 1 aromatic carbocycles. The van der Waals surface area contributed by atoms with Gasteiger partial charge in [-0.25, -0.2) is 0 Å². The number of nitrogens with zero attached hydrogens (tertiary/aromatic N) is 1. The fourth-order valence-corrected chi connectivity index (χ4v) is 3.15. The Bertz CT molecular complexity index is 650. The molecule has 23 heavy (non-hydrogen) atoms. The minimum atomic E-state index is 0. The molecule has 0 aliphatic carbocycles. The van der Waals surface area contributed by atoms with Gasteiger partial charge in [0.2, 0.25) is 0 Å². The van der Waals surface area contributed by atoms with Gasteiger partial charge in [-0.05, 0) is 55.0 Å². The second kappa shape index (κ2) is 8.85. The lowest BCUT2D eigenvalue weighted by atomic mass is 10.1. The summed E-state index contributed by atoms with van der Waals surface area (Å²) in [6.07, 6.45) is 4.47. The first-order valence-corrected chi connectivity index (χ1v) is 8.59. The van der Waals surface area contributed by atoms with Crippen molar-refractivity contribution in [3.63, 3.8) is 0 Å². The first-order chi connectivity index (χ1) is 10.8. The zero-order valence-electron chi connectivity index (χ0n) is 12.9. The lowest BCUT2D eigenvalue weighted by Crippen LogP contribution is -2.10. The first-order valence-electron chi connectivity index (χ1n) is 7.65. The molecule has 0 saturated heterocycles. The van der Waals surface area contributed by atoms with E-state index in [9.17, 15) is 4.79 Å². The van der Waals surface area contributed by atoms with Crippen LogP contribution in [-0.4, -0.2) is 24.6 Å². The zero-order chi connectivity index (χ0) is 15.2. The third kappa shape index (κ3) is 4.91. The van der Waals surface area contributed by atoms with Crippen molar-refractivity contribution in [1.82, 2.24) is 0 Å². The van der Waals surface area contributed by atoms with Crippen LogP contribution in [0, 0.1) is 0 Å². The molecule has 1 aromatic heterocycles. The monoisotopic (exact) mass is 349 g/mol. The van der Waals surface area contributed by atoms with E-state index in [1.54, 1.807) is 0 Å². The lowest BCUT2D eigenvalue weighted by molar-refractivity contribution is 0.103. The SMILES string of the molecule is Cl.O=C(c1ccc(OCCC2=NCCCC2)cc1)c1ccsc1. The van der Waals surface area contributed by atoms with E-state index in [0.717, 1.165) is 30.7 Å². The van der Waals surface area contributed by atoms with Crippen LogP contribution < -0.4 is 4.74 Å². The molecule has 0 N–H and O–H groups in total. The van der Waals surface area contributed by atoms with Crippen LogP contribution in [0.4, 0.5) is 0 Å². The van der Waals surface area contributed by atoms with Gasteiger partial charge < -0.3 is 4.74 Å². The van der Waals surface area contributed by atoms with E-state index in [4.69, 9.17) is 4.74 Å². The molecule has 3 nitrogen and oxygen atoms in total. The molecule has 0 saturated carbocycles. The fourth-order valence-electron chi connectivity index (χ4n) is 2.51. The summed E-state index contributed by atoms with van der Waals surface area (Å²) in [6.45, 7) is 1.62. The van der Waals surface area contributed by atoms with Crippen LogP contribution in [0.5, 0.6) is 5.75 Å². The van der Waals surface area contributed by atoms with Gasteiger partial charge in [-0.2, -0.15) is 11.3 Å². The van der Waals surface area contributed by atoms with Crippen molar-refractivity contribution < 1.29 is 9.53 Å². The van der Waals surface area contributed by atoms with Gasteiger partial charge in [-0.1, -0.05) is 0 Å². The highest BCUT2D eigenvalue weighted by atomic mass is 35.5. The van der Waals surface area contributed by atoms with E-state index >= 15 is 0 Å². The Hall–Kier alpha value is -1.65. The van der Waals surface area contributed by atoms with Crippen molar-refractivity contribution in [1.29, 1.82) is 0 Å². The van der Waals surface area contributed by atoms with Gasteiger partial charge in [0.1, 0.15) is 5.75 Å². The van der Waals surface area contributed by atoms with Gasteiger partial charge in [0.05, 0.1) is 6.61 Å². The lowest BCUT2D eigenvalue weighted by Gasteiger charge is -2.12. The molecule has 2 heterocycles. The number of benzene rings is 1. The molecule has 3 rings (SSSR count). The highest BCUT2D eigenvalue weighted by Crippen LogP contribution is 2.17. The molecule has 1 aliphatic heterocycles. The minimum absolute atomic E-state index is 0. The van der Waals surface area contributed by atoms with Gasteiger partial charge in [0, 0.05) is 35.2 Å². The standard InChI is InChI=1S/C18H19NO2S.ClH/c20-18(15-9-12-22-13-15)14-4-6-17(7-5-14)21-11-8-16-3-1-2-10-19-16;/h4-7,9,12-13H,1-3,8,10-11H2;1H. The number of aliphatic imine (C=N–C) groups is 1. The molecule has 2 aromatic rings. The summed E-state index contributed by atoms with van der Waals surface area (Å²) >= 11 is 1.53. The molecule has 0 spiro atoms. The molecule has 0 bridgehead atoms. The zero-order valence-corrected chi connectivity index (χ0v) is 14.5. The van der Waals surface area contributed by atoms with Crippen LogP contribution in [-0.2, 0) is 0 Å². The average Bonchev–Trinajstić information content (AvgIpc) is 3.10. The van der Waals surface area contributed by atoms with Crippen LogP contribution in [0.25, 0.3) is 0 Å². The van der Waals surface area contributed by atoms with Crippen LogP contribution in [0.2, 0.25) is 0 Å². The van der Waals surface area contributed by atoms with E-state index in [-0.39, 0.29) is 18.2 Å². The number of ketones is 1. The molecule has 0 radical (unpaired) electrons. The van der Waals surface area contributed by atoms with Gasteiger partial charge in [-0.15, -0.1) is 12.4 Å². The van der Waals surface area contributed by atoms with Crippen molar-refractivity contribution in [3.8, 4) is 5.75 Å². The number of ether oxygens (including phenoxy) is 1. The number of thiophene rings is 1. The maximum Gasteiger partial charge on any atom is 0.193 e. The highest BCUT2D eigenvalue weighted by Gasteiger charge is 2.09. The summed E-state index contributed by atoms with van der Waals surface area (Å²) in [6, 6.07) is 9.23. The average molecular weight is 350 g/mol. The van der Waals surface area contributed by atoms with Crippen molar-refractivity contribution in [2.75, 3.05) is 13.2 Å². The van der Waals surface area contributed by atoms with E-state index in [0.29, 0.717) is 12.2 Å². The van der Waals surface area contributed by atoms with Crippen molar-refractivity contribution in [2.45, 2.75) is 25.7 Å². The Balaban J connectivity index is 0.00000192. The number of halogens is 1. The fraction of sp³-hybridized carbons (Fsp3) is 0.333. The van der Waals surface area contributed by atoms with Crippen LogP contribution in [0.3, 0.4) is 0 Å². The van der Waals surface area contributed by atoms with E-state index in [1.807, 2.05) is 41.1 Å². The molecule has 0 unspecified atom stereocenters. The van der Waals surface area contributed by atoms with Gasteiger partial charge in [-0.3, -0.25) is 9.79 Å². The quantitative estimate of drug-likeness (QED) is 0.703. The normalized spacial score (nSPS) is 13.8. The summed E-state index contributed by atoms with van der Waals surface area (Å²) in [5, 5.41) is 3.79. The third-order valence-electron chi connectivity index (χ3n) is 3.77. The largest absolute Gasteiger partial charge is 0.493 e. The van der Waals surface area contributed by atoms with Gasteiger partial charge in [0.25, 0.3) is 0 Å². The Morgan fingerprint density at radius 3 is 2.61 bits per heavy atom. The molecule has 5 heteroatoms. The smallest absolute Gasteiger partial charge is 0.193 e. The molecule has 0 fully saturated rings. The number of hydrogen-bond donors (Lipinski definition) is 0. The Morgan fingerprint density at radius 1 is 1.13 bits per heavy atom. The van der Waals surface area contributed by atoms with E-state index in [2.05, 4.69) is 4.99 Å². The summed E-state index contributed by atoms with van der Waals surface area (Å²) in [5.41, 5.74) is 2.71. The Labute approximate surface area is 146 Å². The second-order valence-corrected chi connectivity index (χ2v) is 6.15. The van der Waals surface area contributed by atoms with E-state index in [1.165, 1.54) is 29.9 Å². The van der Waals surface area contributed by atoms with Crippen molar-refractivity contribution in [3.05, 3.63) is 52.2 Å². The molecular weight excluding hydrogens is 330 g/mol. The summed E-state index contributed by atoms with van der Waals surface area (Å²) in [4.78, 5) is 16.7.